The summed E-state index contributed by atoms with van der Waals surface area (Å²) in [6.07, 6.45) is -0.409. The van der Waals surface area contributed by atoms with Gasteiger partial charge in [-0.1, -0.05) is 18.2 Å². The summed E-state index contributed by atoms with van der Waals surface area (Å²) in [7, 11) is 0. The van der Waals surface area contributed by atoms with Gasteiger partial charge in [-0.05, 0) is 31.9 Å². The van der Waals surface area contributed by atoms with E-state index in [4.69, 9.17) is 9.47 Å². The number of piperidine rings is 1. The highest BCUT2D eigenvalue weighted by atomic mass is 16.6. The van der Waals surface area contributed by atoms with Crippen LogP contribution >= 0.6 is 0 Å². The van der Waals surface area contributed by atoms with Crippen molar-refractivity contribution in [1.29, 1.82) is 0 Å². The third-order valence-electron chi connectivity index (χ3n) is 4.30. The Kier molecular flexibility index (Phi) is 3.94. The second-order valence-corrected chi connectivity index (χ2v) is 5.54. The summed E-state index contributed by atoms with van der Waals surface area (Å²) < 4.78 is 9.86. The second-order valence-electron chi connectivity index (χ2n) is 5.54. The summed E-state index contributed by atoms with van der Waals surface area (Å²) in [4.78, 5) is 39.3. The molecule has 2 amide bonds. The molecule has 3 rings (SSSR count). The van der Waals surface area contributed by atoms with E-state index in [1.165, 1.54) is 4.90 Å². The maximum Gasteiger partial charge on any atom is 0.423 e. The van der Waals surface area contributed by atoms with Crippen molar-refractivity contribution in [2.45, 2.75) is 25.3 Å². The number of hydrogen-bond acceptors (Lipinski definition) is 5. The monoisotopic (exact) mass is 318 g/mol. The van der Waals surface area contributed by atoms with E-state index in [9.17, 15) is 14.4 Å². The second kappa shape index (κ2) is 5.91. The number of hydrogen-bond donors (Lipinski definition) is 0. The summed E-state index contributed by atoms with van der Waals surface area (Å²) in [6.45, 7) is 2.72. The lowest BCUT2D eigenvalue weighted by Crippen LogP contribution is -2.57. The third-order valence-corrected chi connectivity index (χ3v) is 4.30. The number of carbonyl (C=O) groups excluding carboxylic acids is 3. The van der Waals surface area contributed by atoms with E-state index >= 15 is 0 Å². The molecule has 2 heterocycles. The first-order valence-corrected chi connectivity index (χ1v) is 7.62. The maximum atomic E-state index is 12.3. The molecule has 0 unspecified atom stereocenters. The van der Waals surface area contributed by atoms with E-state index in [2.05, 4.69) is 0 Å². The van der Waals surface area contributed by atoms with Gasteiger partial charge in [-0.25, -0.2) is 14.4 Å². The van der Waals surface area contributed by atoms with Gasteiger partial charge in [-0.3, -0.25) is 4.90 Å². The van der Waals surface area contributed by atoms with Crippen molar-refractivity contribution in [3.8, 4) is 0 Å². The highest BCUT2D eigenvalue weighted by Gasteiger charge is 2.57. The smallest absolute Gasteiger partial charge is 0.423 e. The summed E-state index contributed by atoms with van der Waals surface area (Å²) >= 11 is 0. The molecule has 0 aromatic heterocycles. The molecular weight excluding hydrogens is 300 g/mol. The van der Waals surface area contributed by atoms with Gasteiger partial charge in [0.1, 0.15) is 0 Å². The molecule has 0 aliphatic carbocycles. The molecule has 2 aliphatic rings. The standard InChI is InChI=1S/C16H18N2O5/c1-2-22-14(20)17-10-8-16(9-11-17)13(19)23-15(21)18(16)12-6-4-3-5-7-12/h3-7H,2,8-11H2,1H3. The van der Waals surface area contributed by atoms with Crippen molar-refractivity contribution in [3.05, 3.63) is 30.3 Å². The quantitative estimate of drug-likeness (QED) is 0.617. The van der Waals surface area contributed by atoms with Crippen molar-refractivity contribution in [2.24, 2.45) is 0 Å². The highest BCUT2D eigenvalue weighted by Crippen LogP contribution is 2.39. The number of likely N-dealkylation sites (tertiary alicyclic amines) is 1. The van der Waals surface area contributed by atoms with Crippen molar-refractivity contribution in [2.75, 3.05) is 24.6 Å². The number of carbonyl (C=O) groups is 3. The summed E-state index contributed by atoms with van der Waals surface area (Å²) in [5.41, 5.74) is -0.422. The highest BCUT2D eigenvalue weighted by molar-refractivity contribution is 6.10. The number of nitrogens with zero attached hydrogens (tertiary/aromatic N) is 2. The van der Waals surface area contributed by atoms with Crippen LogP contribution in [-0.4, -0.2) is 48.3 Å². The van der Waals surface area contributed by atoms with Crippen molar-refractivity contribution in [3.63, 3.8) is 0 Å². The van der Waals surface area contributed by atoms with Crippen LogP contribution in [0.15, 0.2) is 30.3 Å². The molecule has 0 saturated carbocycles. The molecule has 0 bridgehead atoms. The summed E-state index contributed by atoms with van der Waals surface area (Å²) in [6, 6.07) is 8.96. The van der Waals surface area contributed by atoms with E-state index in [-0.39, 0.29) is 0 Å². The van der Waals surface area contributed by atoms with Crippen LogP contribution in [0.5, 0.6) is 0 Å². The maximum absolute atomic E-state index is 12.3. The molecule has 0 radical (unpaired) electrons. The Morgan fingerprint density at radius 2 is 1.87 bits per heavy atom. The normalized spacial score (nSPS) is 19.9. The molecule has 1 aromatic rings. The van der Waals surface area contributed by atoms with Crippen molar-refractivity contribution >= 4 is 23.8 Å². The third kappa shape index (κ3) is 2.52. The number of para-hydroxylation sites is 1. The molecule has 1 spiro atoms. The van der Waals surface area contributed by atoms with Crippen LogP contribution in [0.3, 0.4) is 0 Å². The van der Waals surface area contributed by atoms with E-state index in [1.807, 2.05) is 6.07 Å². The lowest BCUT2D eigenvalue weighted by atomic mass is 9.86. The van der Waals surface area contributed by atoms with Gasteiger partial charge < -0.3 is 14.4 Å². The first-order chi connectivity index (χ1) is 11.1. The largest absolute Gasteiger partial charge is 0.450 e. The van der Waals surface area contributed by atoms with Crippen LogP contribution in [0.2, 0.25) is 0 Å². The predicted molar refractivity (Wildman–Crippen MR) is 81.0 cm³/mol. The first-order valence-electron chi connectivity index (χ1n) is 7.62. The predicted octanol–water partition coefficient (Wildman–Crippen LogP) is 2.16. The molecule has 0 atom stereocenters. The van der Waals surface area contributed by atoms with Crippen molar-refractivity contribution < 1.29 is 23.9 Å². The number of amides is 2. The fraction of sp³-hybridized carbons (Fsp3) is 0.438. The topological polar surface area (TPSA) is 76.1 Å². The van der Waals surface area contributed by atoms with Gasteiger partial charge in [0.25, 0.3) is 0 Å². The number of ether oxygens (including phenoxy) is 2. The van der Waals surface area contributed by atoms with Crippen LogP contribution in [0.4, 0.5) is 15.3 Å². The van der Waals surface area contributed by atoms with Crippen LogP contribution in [0.25, 0.3) is 0 Å². The number of anilines is 1. The summed E-state index contributed by atoms with van der Waals surface area (Å²) in [5.74, 6) is -0.546. The molecule has 0 N–H and O–H groups in total. The van der Waals surface area contributed by atoms with Crippen LogP contribution in [0, 0.1) is 0 Å². The minimum atomic E-state index is -1.04. The Labute approximate surface area is 133 Å². The molecule has 7 nitrogen and oxygen atoms in total. The molecule has 23 heavy (non-hydrogen) atoms. The number of cyclic esters (lactones) is 2. The van der Waals surface area contributed by atoms with Gasteiger partial charge in [0.15, 0.2) is 5.54 Å². The fourth-order valence-electron chi connectivity index (χ4n) is 3.12. The van der Waals surface area contributed by atoms with Crippen LogP contribution in [-0.2, 0) is 14.3 Å². The van der Waals surface area contributed by atoms with Crippen LogP contribution < -0.4 is 4.90 Å². The zero-order valence-electron chi connectivity index (χ0n) is 12.9. The van der Waals surface area contributed by atoms with Gasteiger partial charge in [0, 0.05) is 18.8 Å². The Morgan fingerprint density at radius 1 is 1.22 bits per heavy atom. The molecule has 1 aromatic carbocycles. The van der Waals surface area contributed by atoms with Crippen molar-refractivity contribution in [1.82, 2.24) is 4.90 Å². The minimum absolute atomic E-state index is 0.303. The number of esters is 1. The SMILES string of the molecule is CCOC(=O)N1CCC2(CC1)C(=O)OC(=O)N2c1ccccc1. The van der Waals surface area contributed by atoms with Gasteiger partial charge in [-0.2, -0.15) is 0 Å². The minimum Gasteiger partial charge on any atom is -0.450 e. The average molecular weight is 318 g/mol. The molecule has 2 saturated heterocycles. The Balaban J connectivity index is 1.84. The van der Waals surface area contributed by atoms with Gasteiger partial charge in [0.05, 0.1) is 6.61 Å². The fourth-order valence-corrected chi connectivity index (χ4v) is 3.12. The Morgan fingerprint density at radius 3 is 2.48 bits per heavy atom. The van der Waals surface area contributed by atoms with Gasteiger partial charge in [0.2, 0.25) is 0 Å². The van der Waals surface area contributed by atoms with Gasteiger partial charge in [-0.15, -0.1) is 0 Å². The molecule has 2 aliphatic heterocycles. The van der Waals surface area contributed by atoms with E-state index in [1.54, 1.807) is 36.1 Å². The van der Waals surface area contributed by atoms with E-state index < -0.39 is 23.7 Å². The molecule has 2 fully saturated rings. The van der Waals surface area contributed by atoms with Gasteiger partial charge >= 0.3 is 18.2 Å². The Bertz CT molecular complexity index is 623. The zero-order valence-corrected chi connectivity index (χ0v) is 12.9. The first kappa shape index (κ1) is 15.3. The summed E-state index contributed by atoms with van der Waals surface area (Å²) in [5, 5.41) is 0. The molecule has 122 valence electrons. The number of benzene rings is 1. The Hall–Kier alpha value is -2.57. The lowest BCUT2D eigenvalue weighted by Gasteiger charge is -2.40. The average Bonchev–Trinajstić information content (AvgIpc) is 2.79. The molecule has 7 heteroatoms. The number of rotatable bonds is 2. The molecular formula is C16H18N2O5. The van der Waals surface area contributed by atoms with E-state index in [0.29, 0.717) is 38.2 Å². The van der Waals surface area contributed by atoms with Crippen LogP contribution in [0.1, 0.15) is 19.8 Å². The zero-order chi connectivity index (χ0) is 16.4. The lowest BCUT2D eigenvalue weighted by molar-refractivity contribution is -0.140. The van der Waals surface area contributed by atoms with E-state index in [0.717, 1.165) is 0 Å².